The predicted octanol–water partition coefficient (Wildman–Crippen LogP) is 8.25. The molecule has 0 saturated carbocycles. The first-order valence-corrected chi connectivity index (χ1v) is 12.5. The van der Waals surface area contributed by atoms with Crippen LogP contribution >= 0.6 is 0 Å². The Hall–Kier alpha value is -5.64. The molecule has 0 saturated heterocycles. The van der Waals surface area contributed by atoms with Gasteiger partial charge >= 0.3 is 0 Å². The number of phenols is 1. The van der Waals surface area contributed by atoms with Crippen molar-refractivity contribution >= 4 is 16.7 Å². The lowest BCUT2D eigenvalue weighted by Gasteiger charge is -2.19. The Morgan fingerprint density at radius 1 is 0.385 bits per heavy atom. The maximum Gasteiger partial charge on any atom is 0.138 e. The minimum atomic E-state index is 0.0712. The van der Waals surface area contributed by atoms with Crippen molar-refractivity contribution in [2.75, 3.05) is 0 Å². The van der Waals surface area contributed by atoms with Gasteiger partial charge in [0.1, 0.15) is 23.5 Å². The molecule has 0 fully saturated rings. The van der Waals surface area contributed by atoms with Crippen molar-refractivity contribution in [1.29, 1.82) is 10.5 Å². The third-order valence-electron chi connectivity index (χ3n) is 6.53. The molecule has 0 bridgehead atoms. The highest BCUT2D eigenvalue weighted by Crippen LogP contribution is 2.38. The van der Waals surface area contributed by atoms with Crippen LogP contribution < -0.4 is 0 Å². The second-order valence-electron chi connectivity index (χ2n) is 8.95. The number of benzene rings is 5. The van der Waals surface area contributed by atoms with Gasteiger partial charge in [0.25, 0.3) is 0 Å². The molecule has 0 aromatic heterocycles. The Labute approximate surface area is 228 Å². The molecule has 0 radical (unpaired) electrons. The number of aromatic hydroxyl groups is 1. The van der Waals surface area contributed by atoms with E-state index in [9.17, 15) is 15.6 Å². The maximum atomic E-state index is 9.98. The average Bonchev–Trinajstić information content (AvgIpc) is 3.01. The van der Waals surface area contributed by atoms with Crippen LogP contribution in [-0.2, 0) is 0 Å². The SMILES string of the molecule is N#CC(C#N)=C(c1ccccc1)c1ccc(C(=C(c2ccccc2)c2ccc(O)cc2)c2ccccc2)cc1. The van der Waals surface area contributed by atoms with Crippen molar-refractivity contribution in [3.63, 3.8) is 0 Å². The first-order valence-electron chi connectivity index (χ1n) is 12.5. The summed E-state index contributed by atoms with van der Waals surface area (Å²) in [6, 6.07) is 49.3. The van der Waals surface area contributed by atoms with Crippen molar-refractivity contribution in [3.05, 3.63) is 178 Å². The molecule has 39 heavy (non-hydrogen) atoms. The quantitative estimate of drug-likeness (QED) is 0.188. The fourth-order valence-electron chi connectivity index (χ4n) is 4.75. The molecular formula is C36H24N2O. The van der Waals surface area contributed by atoms with E-state index in [2.05, 4.69) is 36.4 Å². The molecule has 3 heteroatoms. The Balaban J connectivity index is 1.76. The average molecular weight is 501 g/mol. The number of nitrogens with zero attached hydrogens (tertiary/aromatic N) is 2. The number of rotatable bonds is 6. The third-order valence-corrected chi connectivity index (χ3v) is 6.53. The fourth-order valence-corrected chi connectivity index (χ4v) is 4.75. The number of hydrogen-bond donors (Lipinski definition) is 1. The lowest BCUT2D eigenvalue weighted by Crippen LogP contribution is -1.98. The zero-order valence-corrected chi connectivity index (χ0v) is 21.1. The Morgan fingerprint density at radius 3 is 1.03 bits per heavy atom. The zero-order chi connectivity index (χ0) is 27.0. The van der Waals surface area contributed by atoms with Gasteiger partial charge < -0.3 is 5.11 Å². The largest absolute Gasteiger partial charge is 0.508 e. The summed E-state index contributed by atoms with van der Waals surface area (Å²) in [5, 5.41) is 29.4. The lowest BCUT2D eigenvalue weighted by atomic mass is 9.85. The van der Waals surface area contributed by atoms with Crippen LogP contribution in [-0.4, -0.2) is 5.11 Å². The topological polar surface area (TPSA) is 67.8 Å². The Morgan fingerprint density at radius 2 is 0.667 bits per heavy atom. The molecule has 0 unspecified atom stereocenters. The summed E-state index contributed by atoms with van der Waals surface area (Å²) < 4.78 is 0. The lowest BCUT2D eigenvalue weighted by molar-refractivity contribution is 0.475. The molecule has 1 N–H and O–H groups in total. The van der Waals surface area contributed by atoms with E-state index in [1.54, 1.807) is 12.1 Å². The van der Waals surface area contributed by atoms with Crippen LogP contribution in [0, 0.1) is 22.7 Å². The van der Waals surface area contributed by atoms with E-state index in [0.717, 1.165) is 44.5 Å². The van der Waals surface area contributed by atoms with Gasteiger partial charge in [-0.3, -0.25) is 0 Å². The van der Waals surface area contributed by atoms with Crippen molar-refractivity contribution < 1.29 is 5.11 Å². The van der Waals surface area contributed by atoms with Crippen LogP contribution in [0.3, 0.4) is 0 Å². The second-order valence-corrected chi connectivity index (χ2v) is 8.95. The van der Waals surface area contributed by atoms with Gasteiger partial charge in [0.2, 0.25) is 0 Å². The zero-order valence-electron chi connectivity index (χ0n) is 21.1. The van der Waals surface area contributed by atoms with Crippen LogP contribution in [0.1, 0.15) is 33.4 Å². The fraction of sp³-hybridized carbons (Fsp3) is 0. The van der Waals surface area contributed by atoms with Crippen molar-refractivity contribution in [1.82, 2.24) is 0 Å². The standard InChI is InChI=1S/C36H24N2O/c37-24-32(25-38)34(26-10-4-1-5-11-26)29-16-18-30(19-17-29)35(27-12-6-2-7-13-27)36(28-14-8-3-9-15-28)31-20-22-33(39)23-21-31/h1-23,39H. The van der Waals surface area contributed by atoms with Crippen molar-refractivity contribution in [3.8, 4) is 17.9 Å². The number of hydrogen-bond acceptors (Lipinski definition) is 3. The van der Waals surface area contributed by atoms with Gasteiger partial charge in [-0.15, -0.1) is 0 Å². The van der Waals surface area contributed by atoms with E-state index in [1.807, 2.05) is 103 Å². The van der Waals surface area contributed by atoms with E-state index in [-0.39, 0.29) is 11.3 Å². The number of phenolic OH excluding ortho intramolecular Hbond substituents is 1. The minimum absolute atomic E-state index is 0.0712. The molecular weight excluding hydrogens is 476 g/mol. The van der Waals surface area contributed by atoms with Crippen LogP contribution in [0.2, 0.25) is 0 Å². The van der Waals surface area contributed by atoms with E-state index >= 15 is 0 Å². The molecule has 0 spiro atoms. The van der Waals surface area contributed by atoms with Crippen LogP contribution in [0.4, 0.5) is 0 Å². The molecule has 0 heterocycles. The first kappa shape index (κ1) is 25.0. The Bertz CT molecular complexity index is 1700. The highest BCUT2D eigenvalue weighted by Gasteiger charge is 2.18. The molecule has 5 aromatic carbocycles. The number of allylic oxidation sites excluding steroid dienone is 1. The van der Waals surface area contributed by atoms with Gasteiger partial charge in [0.05, 0.1) is 0 Å². The molecule has 3 nitrogen and oxygen atoms in total. The van der Waals surface area contributed by atoms with Gasteiger partial charge in [-0.05, 0) is 56.7 Å². The highest BCUT2D eigenvalue weighted by molar-refractivity contribution is 6.04. The summed E-state index contributed by atoms with van der Waals surface area (Å²) in [6.07, 6.45) is 0. The molecule has 184 valence electrons. The van der Waals surface area contributed by atoms with Crippen molar-refractivity contribution in [2.45, 2.75) is 0 Å². The third kappa shape index (κ3) is 5.39. The minimum Gasteiger partial charge on any atom is -0.508 e. The molecule has 0 aliphatic carbocycles. The summed E-state index contributed by atoms with van der Waals surface area (Å²) in [7, 11) is 0. The monoisotopic (exact) mass is 500 g/mol. The molecule has 0 aliphatic rings. The predicted molar refractivity (Wildman–Crippen MR) is 156 cm³/mol. The van der Waals surface area contributed by atoms with Crippen LogP contribution in [0.5, 0.6) is 5.75 Å². The van der Waals surface area contributed by atoms with E-state index in [4.69, 9.17) is 0 Å². The van der Waals surface area contributed by atoms with E-state index in [1.165, 1.54) is 0 Å². The molecule has 0 amide bonds. The first-order chi connectivity index (χ1) is 19.2. The summed E-state index contributed by atoms with van der Waals surface area (Å²) in [5.74, 6) is 0.211. The van der Waals surface area contributed by atoms with Crippen molar-refractivity contribution in [2.24, 2.45) is 0 Å². The van der Waals surface area contributed by atoms with Gasteiger partial charge in [-0.25, -0.2) is 0 Å². The molecule has 0 aliphatic heterocycles. The molecule has 0 atom stereocenters. The maximum absolute atomic E-state index is 9.98. The summed E-state index contributed by atoms with van der Waals surface area (Å²) in [6.45, 7) is 0. The van der Waals surface area contributed by atoms with Crippen LogP contribution in [0.15, 0.2) is 145 Å². The normalized spacial score (nSPS) is 11.0. The van der Waals surface area contributed by atoms with Gasteiger partial charge in [0.15, 0.2) is 0 Å². The van der Waals surface area contributed by atoms with Crippen LogP contribution in [0.25, 0.3) is 16.7 Å². The van der Waals surface area contributed by atoms with E-state index in [0.29, 0.717) is 5.57 Å². The number of nitriles is 2. The summed E-state index contributed by atoms with van der Waals surface area (Å²) in [5.41, 5.74) is 8.41. The smallest absolute Gasteiger partial charge is 0.138 e. The van der Waals surface area contributed by atoms with Gasteiger partial charge in [-0.2, -0.15) is 10.5 Å². The highest BCUT2D eigenvalue weighted by atomic mass is 16.3. The molecule has 5 rings (SSSR count). The van der Waals surface area contributed by atoms with Gasteiger partial charge in [-0.1, -0.05) is 127 Å². The summed E-state index contributed by atoms with van der Waals surface area (Å²) in [4.78, 5) is 0. The summed E-state index contributed by atoms with van der Waals surface area (Å²) >= 11 is 0. The van der Waals surface area contributed by atoms with E-state index < -0.39 is 0 Å². The van der Waals surface area contributed by atoms with Gasteiger partial charge in [0, 0.05) is 5.57 Å². The second kappa shape index (κ2) is 11.6. The molecule has 5 aromatic rings. The Kier molecular flexibility index (Phi) is 7.45.